The van der Waals surface area contributed by atoms with E-state index in [1.165, 1.54) is 60.5 Å². The van der Waals surface area contributed by atoms with Crippen molar-refractivity contribution in [1.82, 2.24) is 0 Å². The quantitative estimate of drug-likeness (QED) is 0.279. The summed E-state index contributed by atoms with van der Waals surface area (Å²) in [5.74, 6) is 0.398. The van der Waals surface area contributed by atoms with Gasteiger partial charge in [0.1, 0.15) is 0 Å². The van der Waals surface area contributed by atoms with Crippen molar-refractivity contribution in [2.45, 2.75) is 25.2 Å². The van der Waals surface area contributed by atoms with Gasteiger partial charge in [-0.15, -0.1) is 0 Å². The summed E-state index contributed by atoms with van der Waals surface area (Å²) in [6, 6.07) is 26.5. The molecule has 0 aromatic heterocycles. The molecule has 0 bridgehead atoms. The molecule has 1 unspecified atom stereocenters. The molecule has 0 N–H and O–H groups in total. The highest BCUT2D eigenvalue weighted by atomic mass is 14.3. The predicted octanol–water partition coefficient (Wildman–Crippen LogP) is 9.50. The normalized spacial score (nSPS) is 18.7. The van der Waals surface area contributed by atoms with Gasteiger partial charge < -0.3 is 0 Å². The first-order chi connectivity index (χ1) is 17.9. The van der Waals surface area contributed by atoms with E-state index in [0.717, 1.165) is 19.3 Å². The Morgan fingerprint density at radius 3 is 2.08 bits per heavy atom. The van der Waals surface area contributed by atoms with Gasteiger partial charge in [0.2, 0.25) is 0 Å². The van der Waals surface area contributed by atoms with Crippen molar-refractivity contribution < 1.29 is 0 Å². The third kappa shape index (κ3) is 3.53. The number of hydrogen-bond donors (Lipinski definition) is 0. The molecule has 0 saturated heterocycles. The molecule has 0 heteroatoms. The van der Waals surface area contributed by atoms with E-state index in [2.05, 4.69) is 127 Å². The van der Waals surface area contributed by atoms with Gasteiger partial charge >= 0.3 is 0 Å². The topological polar surface area (TPSA) is 0 Å². The lowest BCUT2D eigenvalue weighted by Crippen LogP contribution is -2.11. The maximum Gasteiger partial charge on any atom is 0.0314 e. The summed E-state index contributed by atoms with van der Waals surface area (Å²) in [5, 5.41) is 5.58. The van der Waals surface area contributed by atoms with Crippen molar-refractivity contribution in [1.29, 1.82) is 0 Å². The minimum absolute atomic E-state index is 0.398. The van der Waals surface area contributed by atoms with Gasteiger partial charge in [0.25, 0.3) is 0 Å². The van der Waals surface area contributed by atoms with Crippen LogP contribution < -0.4 is 0 Å². The summed E-state index contributed by atoms with van der Waals surface area (Å²) in [5.41, 5.74) is 10.1. The van der Waals surface area contributed by atoms with Gasteiger partial charge in [0, 0.05) is 5.92 Å². The van der Waals surface area contributed by atoms with Gasteiger partial charge in [0.05, 0.1) is 0 Å². The van der Waals surface area contributed by atoms with Crippen LogP contribution in [0.4, 0.5) is 0 Å². The number of benzene rings is 4. The van der Waals surface area contributed by atoms with Gasteiger partial charge in [0.15, 0.2) is 0 Å². The van der Waals surface area contributed by atoms with Crippen molar-refractivity contribution in [3.05, 3.63) is 154 Å². The fourth-order valence-electron chi connectivity index (χ4n) is 6.27. The lowest BCUT2D eigenvalue weighted by atomic mass is 9.74. The van der Waals surface area contributed by atoms with Gasteiger partial charge in [-0.05, 0) is 80.3 Å². The Hall–Kier alpha value is -4.16. The summed E-state index contributed by atoms with van der Waals surface area (Å²) >= 11 is 0. The maximum absolute atomic E-state index is 2.43. The van der Waals surface area contributed by atoms with Crippen molar-refractivity contribution in [2.75, 3.05) is 0 Å². The van der Waals surface area contributed by atoms with Crippen LogP contribution in [0.1, 0.15) is 41.0 Å². The van der Waals surface area contributed by atoms with Crippen LogP contribution in [-0.2, 0) is 6.42 Å². The van der Waals surface area contributed by atoms with Crippen LogP contribution in [0.5, 0.6) is 0 Å². The first-order valence-electron chi connectivity index (χ1n) is 13.0. The van der Waals surface area contributed by atoms with E-state index >= 15 is 0 Å². The molecule has 4 aliphatic carbocycles. The van der Waals surface area contributed by atoms with E-state index in [0.29, 0.717) is 5.92 Å². The van der Waals surface area contributed by atoms with Gasteiger partial charge in [-0.1, -0.05) is 127 Å². The number of allylic oxidation sites excluding steroid dienone is 10. The molecule has 0 spiro atoms. The van der Waals surface area contributed by atoms with E-state index in [-0.39, 0.29) is 0 Å². The van der Waals surface area contributed by atoms with Crippen molar-refractivity contribution in [2.24, 2.45) is 0 Å². The highest BCUT2D eigenvalue weighted by Crippen LogP contribution is 2.47. The summed E-state index contributed by atoms with van der Waals surface area (Å²) in [6.07, 6.45) is 23.6. The Balaban J connectivity index is 0.000000143. The Labute approximate surface area is 213 Å². The van der Waals surface area contributed by atoms with E-state index in [1.807, 2.05) is 0 Å². The smallest absolute Gasteiger partial charge is 0.0314 e. The number of rotatable bonds is 2. The molecule has 4 aromatic rings. The summed E-state index contributed by atoms with van der Waals surface area (Å²) in [4.78, 5) is 0. The van der Waals surface area contributed by atoms with Crippen LogP contribution in [0.25, 0.3) is 33.7 Å². The summed E-state index contributed by atoms with van der Waals surface area (Å²) in [6.45, 7) is 0. The second kappa shape index (κ2) is 8.81. The average Bonchev–Trinajstić information content (AvgIpc) is 3.65. The molecule has 4 aliphatic rings. The lowest BCUT2D eigenvalue weighted by molar-refractivity contribution is 0.904. The van der Waals surface area contributed by atoms with Crippen molar-refractivity contribution >= 4 is 33.7 Å². The lowest BCUT2D eigenvalue weighted by Gasteiger charge is -2.29. The highest BCUT2D eigenvalue weighted by molar-refractivity contribution is 5.98. The monoisotopic (exact) mass is 460 g/mol. The fraction of sp³-hybridized carbons (Fsp3) is 0.111. The molecule has 36 heavy (non-hydrogen) atoms. The molecule has 1 atom stereocenters. The molecule has 0 radical (unpaired) electrons. The zero-order chi connectivity index (χ0) is 23.9. The third-order valence-corrected chi connectivity index (χ3v) is 7.87. The number of hydrogen-bond acceptors (Lipinski definition) is 0. The zero-order valence-corrected chi connectivity index (χ0v) is 20.3. The minimum atomic E-state index is 0.398. The third-order valence-electron chi connectivity index (χ3n) is 7.87. The van der Waals surface area contributed by atoms with Crippen LogP contribution in [0.3, 0.4) is 0 Å². The van der Waals surface area contributed by atoms with E-state index < -0.39 is 0 Å². The largest absolute Gasteiger partial charge is 0.0804 e. The molecule has 0 nitrogen and oxygen atoms in total. The SMILES string of the molecule is C1=CCC(C2=Cc3cccc4cccc(c34)C2C2=CC=CC2)=C1.C1=Cc2cccc3cccc(c23)C1. The highest BCUT2D eigenvalue weighted by Gasteiger charge is 2.29. The second-order valence-electron chi connectivity index (χ2n) is 9.99. The zero-order valence-electron chi connectivity index (χ0n) is 20.3. The van der Waals surface area contributed by atoms with Gasteiger partial charge in [-0.3, -0.25) is 0 Å². The first kappa shape index (κ1) is 21.1. The minimum Gasteiger partial charge on any atom is -0.0804 e. The standard InChI is InChI=1S/C23H18.C13H10/c1-2-8-16(7-1)21-15-19-13-5-11-17-12-6-14-20(22(17)19)23(21)18-9-3-4-10-18;1-4-10-6-2-8-12-9-3-7-11(5-1)13(10)12/h1-7,9,11-15,23H,8,10H2;1-8H,9H2. The van der Waals surface area contributed by atoms with Crippen LogP contribution in [-0.4, -0.2) is 0 Å². The second-order valence-corrected chi connectivity index (χ2v) is 9.99. The van der Waals surface area contributed by atoms with Crippen LogP contribution in [0.2, 0.25) is 0 Å². The molecule has 0 aliphatic heterocycles. The van der Waals surface area contributed by atoms with Crippen LogP contribution in [0.15, 0.2) is 132 Å². The molecular formula is C36H28. The molecule has 172 valence electrons. The van der Waals surface area contributed by atoms with Crippen LogP contribution >= 0.6 is 0 Å². The maximum atomic E-state index is 2.43. The van der Waals surface area contributed by atoms with E-state index in [9.17, 15) is 0 Å². The molecule has 0 saturated carbocycles. The Kier molecular flexibility index (Phi) is 5.17. The predicted molar refractivity (Wildman–Crippen MR) is 155 cm³/mol. The average molecular weight is 461 g/mol. The molecule has 4 aromatic carbocycles. The molecule has 8 rings (SSSR count). The Bertz CT molecular complexity index is 1690. The van der Waals surface area contributed by atoms with E-state index in [4.69, 9.17) is 0 Å². The van der Waals surface area contributed by atoms with Crippen LogP contribution in [0, 0.1) is 0 Å². The Morgan fingerprint density at radius 1 is 0.583 bits per heavy atom. The van der Waals surface area contributed by atoms with Crippen molar-refractivity contribution in [3.8, 4) is 0 Å². The molecule has 0 fully saturated rings. The Morgan fingerprint density at radius 2 is 1.31 bits per heavy atom. The van der Waals surface area contributed by atoms with Crippen molar-refractivity contribution in [3.63, 3.8) is 0 Å². The van der Waals surface area contributed by atoms with Gasteiger partial charge in [-0.2, -0.15) is 0 Å². The molecular weight excluding hydrogens is 432 g/mol. The van der Waals surface area contributed by atoms with E-state index in [1.54, 1.807) is 0 Å². The summed E-state index contributed by atoms with van der Waals surface area (Å²) in [7, 11) is 0. The van der Waals surface area contributed by atoms with Gasteiger partial charge in [-0.25, -0.2) is 0 Å². The molecule has 0 heterocycles. The first-order valence-corrected chi connectivity index (χ1v) is 13.0. The summed E-state index contributed by atoms with van der Waals surface area (Å²) < 4.78 is 0. The fourth-order valence-corrected chi connectivity index (χ4v) is 6.27. The molecule has 0 amide bonds.